The highest BCUT2D eigenvalue weighted by Crippen LogP contribution is 2.32. The van der Waals surface area contributed by atoms with Gasteiger partial charge < -0.3 is 4.98 Å². The molecule has 0 atom stereocenters. The first-order valence-electron chi connectivity index (χ1n) is 11.4. The summed E-state index contributed by atoms with van der Waals surface area (Å²) in [4.78, 5) is 20.7. The minimum Gasteiger partial charge on any atom is -0.336 e. The number of H-pyrrole nitrogens is 2. The van der Waals surface area contributed by atoms with Gasteiger partial charge in [-0.15, -0.1) is 0 Å². The molecule has 6 aromatic rings. The Kier molecular flexibility index (Phi) is 5.49. The van der Waals surface area contributed by atoms with Crippen LogP contribution in [-0.2, 0) is 16.3 Å². The molecule has 4 heterocycles. The highest BCUT2D eigenvalue weighted by atomic mass is 32.2. The van der Waals surface area contributed by atoms with E-state index in [1.54, 1.807) is 30.7 Å². The van der Waals surface area contributed by atoms with Crippen LogP contribution in [0.25, 0.3) is 55.8 Å². The number of aromatic amines is 2. The molecule has 6 rings (SSSR count). The fourth-order valence-corrected chi connectivity index (χ4v) is 4.92. The lowest BCUT2D eigenvalue weighted by atomic mass is 10.0. The summed E-state index contributed by atoms with van der Waals surface area (Å²) in [6, 6.07) is 12.2. The van der Waals surface area contributed by atoms with E-state index in [2.05, 4.69) is 30.1 Å². The number of sulfone groups is 1. The van der Waals surface area contributed by atoms with Gasteiger partial charge in [-0.2, -0.15) is 5.10 Å². The average Bonchev–Trinajstić information content (AvgIpc) is 3.51. The Bertz CT molecular complexity index is 1880. The van der Waals surface area contributed by atoms with E-state index in [4.69, 9.17) is 4.98 Å². The molecule has 2 aromatic carbocycles. The molecule has 0 amide bonds. The molecule has 0 unspecified atom stereocenters. The first kappa shape index (κ1) is 22.9. The number of aryl methyl sites for hydroxylation is 1. The third-order valence-electron chi connectivity index (χ3n) is 6.07. The van der Waals surface area contributed by atoms with E-state index in [-0.39, 0.29) is 12.2 Å². The third-order valence-corrected chi connectivity index (χ3v) is 7.02. The molecular formula is C26H20FN7O2S. The van der Waals surface area contributed by atoms with Crippen molar-refractivity contribution in [1.29, 1.82) is 0 Å². The van der Waals surface area contributed by atoms with Gasteiger partial charge in [0.1, 0.15) is 33.2 Å². The SMILES string of the molecule is CS(=O)(=O)CCc1cc(F)cc(-c2nccc3[nH]c(-c4n[nH]c5ccc(-c6cncnc6)cc45)nc23)c1. The molecule has 0 saturated carbocycles. The molecule has 0 fully saturated rings. The standard InChI is InChI=1S/C26H20FN7O2S/c1-37(35,36)7-5-15-8-17(10-19(27)9-15)23-25-22(4-6-30-23)31-26(32-25)24-20-11-16(2-3-21(20)33-34-24)18-12-28-14-29-13-18/h2-4,6,8-14H,5,7H2,1H3,(H,31,32)(H,33,34). The number of rotatable bonds is 6. The van der Waals surface area contributed by atoms with E-state index in [0.29, 0.717) is 39.4 Å². The number of hydrogen-bond acceptors (Lipinski definition) is 7. The molecule has 0 aliphatic carbocycles. The van der Waals surface area contributed by atoms with Crippen LogP contribution < -0.4 is 0 Å². The fraction of sp³-hybridized carbons (Fsp3) is 0.115. The van der Waals surface area contributed by atoms with Crippen molar-refractivity contribution in [3.63, 3.8) is 0 Å². The summed E-state index contributed by atoms with van der Waals surface area (Å²) >= 11 is 0. The van der Waals surface area contributed by atoms with Gasteiger partial charge in [-0.05, 0) is 53.9 Å². The van der Waals surface area contributed by atoms with Crippen LogP contribution in [0.4, 0.5) is 4.39 Å². The van der Waals surface area contributed by atoms with Crippen LogP contribution in [0.1, 0.15) is 5.56 Å². The van der Waals surface area contributed by atoms with Crippen LogP contribution >= 0.6 is 0 Å². The number of nitrogens with one attached hydrogen (secondary N) is 2. The van der Waals surface area contributed by atoms with Crippen molar-refractivity contribution in [1.82, 2.24) is 35.1 Å². The Morgan fingerprint density at radius 1 is 0.919 bits per heavy atom. The van der Waals surface area contributed by atoms with Crippen molar-refractivity contribution in [2.75, 3.05) is 12.0 Å². The van der Waals surface area contributed by atoms with E-state index in [9.17, 15) is 12.8 Å². The fourth-order valence-electron chi connectivity index (χ4n) is 4.32. The number of fused-ring (bicyclic) bond motifs is 2. The number of pyridine rings is 1. The van der Waals surface area contributed by atoms with Gasteiger partial charge >= 0.3 is 0 Å². The summed E-state index contributed by atoms with van der Waals surface area (Å²) in [5.41, 5.74) is 6.14. The van der Waals surface area contributed by atoms with Gasteiger partial charge in [-0.1, -0.05) is 6.07 Å². The Morgan fingerprint density at radius 3 is 2.57 bits per heavy atom. The molecule has 184 valence electrons. The van der Waals surface area contributed by atoms with Crippen LogP contribution in [0.3, 0.4) is 0 Å². The van der Waals surface area contributed by atoms with Crippen molar-refractivity contribution in [3.8, 4) is 33.9 Å². The second kappa shape index (κ2) is 8.86. The summed E-state index contributed by atoms with van der Waals surface area (Å²) < 4.78 is 37.7. The lowest BCUT2D eigenvalue weighted by Gasteiger charge is -2.06. The molecule has 0 radical (unpaired) electrons. The second-order valence-electron chi connectivity index (χ2n) is 8.83. The summed E-state index contributed by atoms with van der Waals surface area (Å²) in [6.45, 7) is 0. The maximum atomic E-state index is 14.5. The summed E-state index contributed by atoms with van der Waals surface area (Å²) in [5.74, 6) is 0.000546. The van der Waals surface area contributed by atoms with E-state index in [0.717, 1.165) is 28.3 Å². The van der Waals surface area contributed by atoms with Crippen molar-refractivity contribution in [2.45, 2.75) is 6.42 Å². The summed E-state index contributed by atoms with van der Waals surface area (Å²) in [7, 11) is -3.18. The number of aromatic nitrogens is 7. The van der Waals surface area contributed by atoms with Gasteiger partial charge in [0.15, 0.2) is 5.82 Å². The molecule has 2 N–H and O–H groups in total. The molecule has 37 heavy (non-hydrogen) atoms. The lowest BCUT2D eigenvalue weighted by molar-refractivity contribution is 0.600. The average molecular weight is 514 g/mol. The Labute approximate surface area is 210 Å². The Morgan fingerprint density at radius 2 is 1.76 bits per heavy atom. The number of benzene rings is 2. The molecule has 0 saturated heterocycles. The van der Waals surface area contributed by atoms with Gasteiger partial charge in [0.05, 0.1) is 22.5 Å². The van der Waals surface area contributed by atoms with E-state index in [1.165, 1.54) is 18.5 Å². The molecule has 4 aromatic heterocycles. The van der Waals surface area contributed by atoms with Crippen molar-refractivity contribution >= 4 is 31.8 Å². The number of halogens is 1. The number of hydrogen-bond donors (Lipinski definition) is 2. The van der Waals surface area contributed by atoms with E-state index in [1.807, 2.05) is 18.2 Å². The van der Waals surface area contributed by atoms with Crippen LogP contribution in [0.15, 0.2) is 67.4 Å². The molecule has 0 aliphatic heterocycles. The maximum Gasteiger partial charge on any atom is 0.159 e. The van der Waals surface area contributed by atoms with Gasteiger partial charge in [0.25, 0.3) is 0 Å². The zero-order valence-electron chi connectivity index (χ0n) is 19.6. The Hall–Kier alpha value is -4.51. The normalized spacial score (nSPS) is 11.9. The zero-order chi connectivity index (χ0) is 25.6. The first-order chi connectivity index (χ1) is 17.8. The number of imidazole rings is 1. The van der Waals surface area contributed by atoms with Gasteiger partial charge in [-0.25, -0.2) is 27.8 Å². The maximum absolute atomic E-state index is 14.5. The predicted octanol–water partition coefficient (Wildman–Crippen LogP) is 4.35. The minimum absolute atomic E-state index is 0.0661. The van der Waals surface area contributed by atoms with E-state index >= 15 is 0 Å². The quantitative estimate of drug-likeness (QED) is 0.339. The van der Waals surface area contributed by atoms with Crippen LogP contribution in [-0.4, -0.2) is 55.5 Å². The first-order valence-corrected chi connectivity index (χ1v) is 13.5. The van der Waals surface area contributed by atoms with E-state index < -0.39 is 15.7 Å². The highest BCUT2D eigenvalue weighted by Gasteiger charge is 2.17. The smallest absolute Gasteiger partial charge is 0.159 e. The molecule has 0 spiro atoms. The molecular weight excluding hydrogens is 493 g/mol. The topological polar surface area (TPSA) is 130 Å². The third kappa shape index (κ3) is 4.56. The lowest BCUT2D eigenvalue weighted by Crippen LogP contribution is -2.06. The van der Waals surface area contributed by atoms with Crippen molar-refractivity contribution in [3.05, 3.63) is 78.8 Å². The molecule has 11 heteroatoms. The van der Waals surface area contributed by atoms with Crippen molar-refractivity contribution < 1.29 is 12.8 Å². The van der Waals surface area contributed by atoms with Gasteiger partial charge in [0, 0.05) is 41.4 Å². The largest absolute Gasteiger partial charge is 0.336 e. The Balaban J connectivity index is 1.44. The number of nitrogens with zero attached hydrogens (tertiary/aromatic N) is 5. The highest BCUT2D eigenvalue weighted by molar-refractivity contribution is 7.90. The summed E-state index contributed by atoms with van der Waals surface area (Å²) in [6.07, 6.45) is 7.97. The second-order valence-corrected chi connectivity index (χ2v) is 11.1. The molecule has 0 bridgehead atoms. The summed E-state index contributed by atoms with van der Waals surface area (Å²) in [5, 5.41) is 8.39. The predicted molar refractivity (Wildman–Crippen MR) is 139 cm³/mol. The van der Waals surface area contributed by atoms with Crippen LogP contribution in [0.5, 0.6) is 0 Å². The van der Waals surface area contributed by atoms with Crippen LogP contribution in [0, 0.1) is 5.82 Å². The van der Waals surface area contributed by atoms with Crippen molar-refractivity contribution in [2.24, 2.45) is 0 Å². The monoisotopic (exact) mass is 513 g/mol. The van der Waals surface area contributed by atoms with Gasteiger partial charge in [-0.3, -0.25) is 10.1 Å². The minimum atomic E-state index is -3.18. The van der Waals surface area contributed by atoms with Crippen LogP contribution in [0.2, 0.25) is 0 Å². The van der Waals surface area contributed by atoms with Gasteiger partial charge in [0.2, 0.25) is 0 Å². The zero-order valence-corrected chi connectivity index (χ0v) is 20.4. The molecule has 9 nitrogen and oxygen atoms in total. The molecule has 0 aliphatic rings.